The van der Waals surface area contributed by atoms with E-state index in [-0.39, 0.29) is 31.1 Å². The molecule has 0 aromatic heterocycles. The molecule has 0 aliphatic rings. The molecule has 0 bridgehead atoms. The summed E-state index contributed by atoms with van der Waals surface area (Å²) in [4.78, 5) is 38.2. The predicted molar refractivity (Wildman–Crippen MR) is 325 cm³/mol. The summed E-state index contributed by atoms with van der Waals surface area (Å²) in [6.45, 7) is 6.45. The van der Waals surface area contributed by atoms with Gasteiger partial charge in [-0.2, -0.15) is 0 Å². The van der Waals surface area contributed by atoms with Crippen LogP contribution in [0.3, 0.4) is 0 Å². The van der Waals surface area contributed by atoms with E-state index >= 15 is 0 Å². The first-order valence-corrected chi connectivity index (χ1v) is 31.0. The molecule has 75 heavy (non-hydrogen) atoms. The van der Waals surface area contributed by atoms with Crippen molar-refractivity contribution in [2.45, 2.75) is 284 Å². The van der Waals surface area contributed by atoms with Gasteiger partial charge in [-0.1, -0.05) is 251 Å². The number of hydrogen-bond acceptors (Lipinski definition) is 6. The van der Waals surface area contributed by atoms with Gasteiger partial charge in [0.05, 0.1) is 0 Å². The summed E-state index contributed by atoms with van der Waals surface area (Å²) in [7, 11) is 0. The first-order chi connectivity index (χ1) is 37.0. The lowest BCUT2D eigenvalue weighted by Gasteiger charge is -2.18. The fourth-order valence-electron chi connectivity index (χ4n) is 8.26. The van der Waals surface area contributed by atoms with Crippen molar-refractivity contribution in [2.75, 3.05) is 13.2 Å². The number of carbonyl (C=O) groups excluding carboxylic acids is 3. The second-order valence-electron chi connectivity index (χ2n) is 20.2. The maximum Gasteiger partial charge on any atom is 0.306 e. The maximum atomic E-state index is 12.9. The van der Waals surface area contributed by atoms with Crippen molar-refractivity contribution in [3.8, 4) is 0 Å². The summed E-state index contributed by atoms with van der Waals surface area (Å²) in [5, 5.41) is 0. The zero-order chi connectivity index (χ0) is 54.3. The fourth-order valence-corrected chi connectivity index (χ4v) is 8.26. The summed E-state index contributed by atoms with van der Waals surface area (Å²) in [5.41, 5.74) is 0. The average Bonchev–Trinajstić information content (AvgIpc) is 3.41. The molecule has 0 saturated heterocycles. The molecular formula is C69H114O6. The van der Waals surface area contributed by atoms with Gasteiger partial charge in [0, 0.05) is 19.3 Å². The van der Waals surface area contributed by atoms with Crippen LogP contribution in [0, 0.1) is 0 Å². The van der Waals surface area contributed by atoms with Gasteiger partial charge >= 0.3 is 17.9 Å². The van der Waals surface area contributed by atoms with Gasteiger partial charge in [0.15, 0.2) is 6.10 Å². The number of esters is 3. The lowest BCUT2D eigenvalue weighted by Crippen LogP contribution is -2.30. The van der Waals surface area contributed by atoms with Crippen LogP contribution >= 0.6 is 0 Å². The van der Waals surface area contributed by atoms with E-state index < -0.39 is 6.10 Å². The van der Waals surface area contributed by atoms with E-state index in [1.165, 1.54) is 89.9 Å². The van der Waals surface area contributed by atoms with Crippen LogP contribution in [-0.2, 0) is 28.6 Å². The number of ether oxygens (including phenoxy) is 3. The van der Waals surface area contributed by atoms with Crippen LogP contribution in [0.5, 0.6) is 0 Å². The molecule has 0 aliphatic heterocycles. The second kappa shape index (κ2) is 62.4. The van der Waals surface area contributed by atoms with Crippen LogP contribution in [0.4, 0.5) is 0 Å². The highest BCUT2D eigenvalue weighted by Crippen LogP contribution is 2.14. The molecule has 0 spiro atoms. The van der Waals surface area contributed by atoms with Crippen molar-refractivity contribution in [1.82, 2.24) is 0 Å². The quantitative estimate of drug-likeness (QED) is 0.0261. The lowest BCUT2D eigenvalue weighted by molar-refractivity contribution is -0.167. The first kappa shape index (κ1) is 70.8. The van der Waals surface area contributed by atoms with Crippen LogP contribution in [0.2, 0.25) is 0 Å². The molecule has 0 heterocycles. The van der Waals surface area contributed by atoms with E-state index in [2.05, 4.69) is 142 Å². The minimum absolute atomic E-state index is 0.0951. The van der Waals surface area contributed by atoms with Crippen molar-refractivity contribution in [2.24, 2.45) is 0 Å². The third kappa shape index (κ3) is 60.6. The first-order valence-electron chi connectivity index (χ1n) is 31.0. The number of allylic oxidation sites excluding steroid dienone is 20. The molecule has 6 nitrogen and oxygen atoms in total. The largest absolute Gasteiger partial charge is 0.462 e. The standard InChI is InChI=1S/C69H114O6/c1-4-7-10-13-16-19-22-24-26-28-30-32-33-34-35-37-38-40-42-44-47-50-53-56-59-62-68(71)74-65-66(64-73-67(70)61-58-55-52-49-46-21-18-15-12-9-6-3)75-69(72)63-60-57-54-51-48-45-43-41-39-36-31-29-27-25-23-20-17-14-11-8-5-2/h7,10,15-16,18-19,23-26,29-32,34-35,38-41,66H,4-6,8-9,11-14,17,20-22,27-28,33,36-37,42-65H2,1-3H3/b10-7-,18-15-,19-16-,25-23-,26-24-,31-29-,32-30-,35-34-,40-38-,41-39-. The fraction of sp³-hybridized carbons (Fsp3) is 0.667. The molecule has 1 atom stereocenters. The lowest BCUT2D eigenvalue weighted by atomic mass is 10.1. The predicted octanol–water partition coefficient (Wildman–Crippen LogP) is 21.2. The highest BCUT2D eigenvalue weighted by Gasteiger charge is 2.19. The second-order valence-corrected chi connectivity index (χ2v) is 20.2. The van der Waals surface area contributed by atoms with Gasteiger partial charge in [-0.05, 0) is 128 Å². The van der Waals surface area contributed by atoms with Gasteiger partial charge in [-0.25, -0.2) is 0 Å². The zero-order valence-corrected chi connectivity index (χ0v) is 48.8. The molecule has 0 aromatic carbocycles. The van der Waals surface area contributed by atoms with E-state index in [1.807, 2.05) is 0 Å². The Labute approximate surface area is 462 Å². The number of unbranched alkanes of at least 4 members (excludes halogenated alkanes) is 24. The summed E-state index contributed by atoms with van der Waals surface area (Å²) in [5.74, 6) is -0.931. The Morgan fingerprint density at radius 1 is 0.280 bits per heavy atom. The Bertz CT molecular complexity index is 1570. The normalized spacial score (nSPS) is 12.9. The van der Waals surface area contributed by atoms with Gasteiger partial charge in [0.25, 0.3) is 0 Å². The molecule has 0 amide bonds. The molecule has 0 saturated carbocycles. The van der Waals surface area contributed by atoms with Gasteiger partial charge < -0.3 is 14.2 Å². The van der Waals surface area contributed by atoms with Gasteiger partial charge in [0.2, 0.25) is 0 Å². The van der Waals surface area contributed by atoms with Crippen molar-refractivity contribution in [3.05, 3.63) is 122 Å². The topological polar surface area (TPSA) is 78.9 Å². The molecule has 1 unspecified atom stereocenters. The van der Waals surface area contributed by atoms with Gasteiger partial charge in [0.1, 0.15) is 13.2 Å². The van der Waals surface area contributed by atoms with Gasteiger partial charge in [-0.15, -0.1) is 0 Å². The smallest absolute Gasteiger partial charge is 0.306 e. The van der Waals surface area contributed by atoms with E-state index in [0.29, 0.717) is 19.3 Å². The Hall–Kier alpha value is -4.19. The van der Waals surface area contributed by atoms with Gasteiger partial charge in [-0.3, -0.25) is 14.4 Å². The highest BCUT2D eigenvalue weighted by molar-refractivity contribution is 5.71. The Morgan fingerprint density at radius 2 is 0.533 bits per heavy atom. The molecule has 0 N–H and O–H groups in total. The van der Waals surface area contributed by atoms with Crippen LogP contribution < -0.4 is 0 Å². The summed E-state index contributed by atoms with van der Waals surface area (Å²) in [6.07, 6.45) is 86.2. The summed E-state index contributed by atoms with van der Waals surface area (Å²) < 4.78 is 16.9. The van der Waals surface area contributed by atoms with E-state index in [4.69, 9.17) is 14.2 Å². The van der Waals surface area contributed by atoms with Crippen LogP contribution in [-0.4, -0.2) is 37.2 Å². The Kier molecular flexibility index (Phi) is 58.9. The minimum atomic E-state index is -0.799. The SMILES string of the molecule is CC/C=C\C/C=C\C/C=C\C/C=C\C/C=C\C/C=C\CCCCCCCCC(=O)OCC(COC(=O)CCCCCCC/C=C\CCCC)OC(=O)CCCCCCCC/C=C\C/C=C\C/C=C\CCCCCCC. The molecule has 6 heteroatoms. The third-order valence-electron chi connectivity index (χ3n) is 12.9. The van der Waals surface area contributed by atoms with Crippen LogP contribution in [0.1, 0.15) is 278 Å². The third-order valence-corrected chi connectivity index (χ3v) is 12.9. The molecule has 0 radical (unpaired) electrons. The zero-order valence-electron chi connectivity index (χ0n) is 48.8. The Morgan fingerprint density at radius 3 is 0.867 bits per heavy atom. The Balaban J connectivity index is 4.38. The van der Waals surface area contributed by atoms with Crippen molar-refractivity contribution in [1.29, 1.82) is 0 Å². The summed E-state index contributed by atoms with van der Waals surface area (Å²) >= 11 is 0. The van der Waals surface area contributed by atoms with Crippen molar-refractivity contribution in [3.63, 3.8) is 0 Å². The number of hydrogen-bond donors (Lipinski definition) is 0. The highest BCUT2D eigenvalue weighted by atomic mass is 16.6. The molecule has 426 valence electrons. The maximum absolute atomic E-state index is 12.9. The minimum Gasteiger partial charge on any atom is -0.462 e. The molecule has 0 fully saturated rings. The molecule has 0 rings (SSSR count). The number of rotatable bonds is 55. The van der Waals surface area contributed by atoms with E-state index in [1.54, 1.807) is 0 Å². The molecule has 0 aliphatic carbocycles. The molecular weight excluding hydrogens is 925 g/mol. The van der Waals surface area contributed by atoms with Crippen molar-refractivity contribution < 1.29 is 28.6 Å². The van der Waals surface area contributed by atoms with Crippen molar-refractivity contribution >= 4 is 17.9 Å². The molecule has 0 aromatic rings. The average molecular weight is 1040 g/mol. The van der Waals surface area contributed by atoms with Crippen LogP contribution in [0.15, 0.2) is 122 Å². The summed E-state index contributed by atoms with van der Waals surface area (Å²) in [6, 6.07) is 0. The number of carbonyl (C=O) groups is 3. The van der Waals surface area contributed by atoms with E-state index in [0.717, 1.165) is 148 Å². The van der Waals surface area contributed by atoms with Crippen LogP contribution in [0.25, 0.3) is 0 Å². The van der Waals surface area contributed by atoms with E-state index in [9.17, 15) is 14.4 Å². The monoisotopic (exact) mass is 1040 g/mol.